The maximum atomic E-state index is 13.6. The summed E-state index contributed by atoms with van der Waals surface area (Å²) < 4.78 is 16.4. The van der Waals surface area contributed by atoms with Gasteiger partial charge in [0.1, 0.15) is 11.6 Å². The number of nitrogens with zero attached hydrogens (tertiary/aromatic N) is 3. The molecule has 0 spiro atoms. The molecular formula is C29H25N3O6. The predicted octanol–water partition coefficient (Wildman–Crippen LogP) is 4.45. The molecule has 9 nitrogen and oxygen atoms in total. The number of methoxy groups -OCH3 is 2. The van der Waals surface area contributed by atoms with Gasteiger partial charge in [-0.15, -0.1) is 0 Å². The van der Waals surface area contributed by atoms with Crippen molar-refractivity contribution < 1.29 is 28.3 Å². The molecule has 1 atom stereocenters. The van der Waals surface area contributed by atoms with Crippen molar-refractivity contribution in [2.24, 2.45) is 0 Å². The lowest BCUT2D eigenvalue weighted by molar-refractivity contribution is -0.122. The number of para-hydroxylation sites is 2. The number of benzene rings is 3. The van der Waals surface area contributed by atoms with Crippen LogP contribution in [-0.2, 0) is 9.59 Å². The van der Waals surface area contributed by atoms with Gasteiger partial charge < -0.3 is 18.8 Å². The summed E-state index contributed by atoms with van der Waals surface area (Å²) >= 11 is 0. The number of anilines is 1. The number of hydrogen-bond acceptors (Lipinski definition) is 7. The Labute approximate surface area is 218 Å². The number of carbonyl (C=O) groups excluding carboxylic acids is 3. The first-order valence-corrected chi connectivity index (χ1v) is 12.4. The van der Waals surface area contributed by atoms with Crippen molar-refractivity contribution in [3.63, 3.8) is 0 Å². The molecule has 2 aliphatic rings. The van der Waals surface area contributed by atoms with Crippen LogP contribution in [0.15, 0.2) is 71.1 Å². The number of amides is 3. The summed E-state index contributed by atoms with van der Waals surface area (Å²) in [6.45, 7) is 0. The van der Waals surface area contributed by atoms with Crippen LogP contribution >= 0.6 is 0 Å². The molecule has 1 saturated carbocycles. The van der Waals surface area contributed by atoms with Crippen molar-refractivity contribution >= 4 is 34.5 Å². The zero-order chi connectivity index (χ0) is 26.4. The van der Waals surface area contributed by atoms with Gasteiger partial charge in [0.2, 0.25) is 11.8 Å². The van der Waals surface area contributed by atoms with E-state index >= 15 is 0 Å². The molecule has 0 bridgehead atoms. The van der Waals surface area contributed by atoms with E-state index in [2.05, 4.69) is 4.98 Å². The standard InChI is InChI=1S/C29H25N3O6/c1-36-24-14-9-18(15-25(24)37-2)28(34)31(19-12-13-19)22-16-26(33)32(29(22)35)20-10-7-17(8-11-20)27-30-21-5-3-4-6-23(21)38-27/h3-11,14-15,19,22H,12-13,16H2,1-2H3. The van der Waals surface area contributed by atoms with Crippen molar-refractivity contribution in [1.29, 1.82) is 0 Å². The van der Waals surface area contributed by atoms with Crippen molar-refractivity contribution in [2.75, 3.05) is 19.1 Å². The topological polar surface area (TPSA) is 102 Å². The van der Waals surface area contributed by atoms with E-state index in [0.29, 0.717) is 34.2 Å². The molecule has 3 amide bonds. The number of ether oxygens (including phenoxy) is 2. The number of imide groups is 1. The molecule has 1 aliphatic heterocycles. The Bertz CT molecular complexity index is 1520. The number of carbonyl (C=O) groups is 3. The highest BCUT2D eigenvalue weighted by Crippen LogP contribution is 2.37. The summed E-state index contributed by atoms with van der Waals surface area (Å²) in [5.74, 6) is 0.304. The number of aromatic nitrogens is 1. The van der Waals surface area contributed by atoms with Crippen LogP contribution in [0.2, 0.25) is 0 Å². The first-order chi connectivity index (χ1) is 18.5. The van der Waals surface area contributed by atoms with Gasteiger partial charge in [0.15, 0.2) is 17.1 Å². The average Bonchev–Trinajstić information content (AvgIpc) is 3.61. The molecule has 0 radical (unpaired) electrons. The maximum absolute atomic E-state index is 13.6. The zero-order valence-electron chi connectivity index (χ0n) is 20.9. The summed E-state index contributed by atoms with van der Waals surface area (Å²) in [7, 11) is 3.02. The molecule has 1 saturated heterocycles. The molecule has 192 valence electrons. The minimum Gasteiger partial charge on any atom is -0.493 e. The first-order valence-electron chi connectivity index (χ1n) is 12.4. The third-order valence-electron chi connectivity index (χ3n) is 6.93. The first kappa shape index (κ1) is 23.7. The van der Waals surface area contributed by atoms with Crippen LogP contribution < -0.4 is 14.4 Å². The van der Waals surface area contributed by atoms with Crippen LogP contribution in [-0.4, -0.2) is 53.9 Å². The zero-order valence-corrected chi connectivity index (χ0v) is 20.9. The van der Waals surface area contributed by atoms with Gasteiger partial charge in [0.05, 0.1) is 26.3 Å². The van der Waals surface area contributed by atoms with E-state index in [1.54, 1.807) is 47.4 Å². The molecule has 0 N–H and O–H groups in total. The minimum absolute atomic E-state index is 0.0682. The van der Waals surface area contributed by atoms with Gasteiger partial charge in [-0.3, -0.25) is 14.4 Å². The van der Waals surface area contributed by atoms with E-state index < -0.39 is 11.9 Å². The fraction of sp³-hybridized carbons (Fsp3) is 0.241. The predicted molar refractivity (Wildman–Crippen MR) is 139 cm³/mol. The quantitative estimate of drug-likeness (QED) is 0.338. The Balaban J connectivity index is 1.25. The summed E-state index contributed by atoms with van der Waals surface area (Å²) in [5, 5.41) is 0. The second-order valence-electron chi connectivity index (χ2n) is 9.33. The van der Waals surface area contributed by atoms with E-state index in [1.165, 1.54) is 14.2 Å². The second-order valence-corrected chi connectivity index (χ2v) is 9.33. The molecule has 1 aromatic heterocycles. The lowest BCUT2D eigenvalue weighted by Crippen LogP contribution is -2.46. The van der Waals surface area contributed by atoms with Crippen LogP contribution in [0.3, 0.4) is 0 Å². The van der Waals surface area contributed by atoms with Crippen LogP contribution in [0, 0.1) is 0 Å². The van der Waals surface area contributed by atoms with E-state index in [9.17, 15) is 14.4 Å². The molecule has 2 fully saturated rings. The largest absolute Gasteiger partial charge is 0.493 e. The number of rotatable bonds is 7. The maximum Gasteiger partial charge on any atom is 0.257 e. The Kier molecular flexibility index (Phi) is 5.83. The molecule has 3 aromatic carbocycles. The highest BCUT2D eigenvalue weighted by molar-refractivity contribution is 6.23. The van der Waals surface area contributed by atoms with Gasteiger partial charge in [-0.25, -0.2) is 9.88 Å². The Morgan fingerprint density at radius 3 is 2.39 bits per heavy atom. The highest BCUT2D eigenvalue weighted by Gasteiger charge is 2.49. The second kappa shape index (κ2) is 9.33. The highest BCUT2D eigenvalue weighted by atomic mass is 16.5. The van der Waals surface area contributed by atoms with Crippen LogP contribution in [0.1, 0.15) is 29.6 Å². The fourth-order valence-electron chi connectivity index (χ4n) is 4.89. The Morgan fingerprint density at radius 2 is 1.71 bits per heavy atom. The van der Waals surface area contributed by atoms with Crippen LogP contribution in [0.5, 0.6) is 11.5 Å². The van der Waals surface area contributed by atoms with Gasteiger partial charge in [-0.1, -0.05) is 12.1 Å². The average molecular weight is 512 g/mol. The van der Waals surface area contributed by atoms with Gasteiger partial charge in [0.25, 0.3) is 11.8 Å². The SMILES string of the molecule is COc1ccc(C(=O)N(C2CC2)C2CC(=O)N(c3ccc(-c4nc5ccccc5o4)cc3)C2=O)cc1OC. The monoisotopic (exact) mass is 511 g/mol. The van der Waals surface area contributed by atoms with E-state index in [0.717, 1.165) is 28.8 Å². The lowest BCUT2D eigenvalue weighted by Gasteiger charge is -2.28. The summed E-state index contributed by atoms with van der Waals surface area (Å²) in [6.07, 6.45) is 1.51. The van der Waals surface area contributed by atoms with Crippen molar-refractivity contribution in [2.45, 2.75) is 31.3 Å². The Morgan fingerprint density at radius 1 is 0.974 bits per heavy atom. The van der Waals surface area contributed by atoms with Crippen LogP contribution in [0.4, 0.5) is 5.69 Å². The Hall–Kier alpha value is -4.66. The molecule has 6 rings (SSSR count). The van der Waals surface area contributed by atoms with E-state index in [4.69, 9.17) is 13.9 Å². The van der Waals surface area contributed by atoms with Gasteiger partial charge in [-0.05, 0) is 67.4 Å². The van der Waals surface area contributed by atoms with Crippen LogP contribution in [0.25, 0.3) is 22.6 Å². The fourth-order valence-corrected chi connectivity index (χ4v) is 4.89. The van der Waals surface area contributed by atoms with Gasteiger partial charge in [0, 0.05) is 17.2 Å². The van der Waals surface area contributed by atoms with Crippen molar-refractivity contribution in [3.8, 4) is 23.0 Å². The number of fused-ring (bicyclic) bond motifs is 1. The molecule has 38 heavy (non-hydrogen) atoms. The minimum atomic E-state index is -0.868. The molecule has 1 unspecified atom stereocenters. The normalized spacial score (nSPS) is 17.2. The summed E-state index contributed by atoms with van der Waals surface area (Å²) in [4.78, 5) is 47.4. The van der Waals surface area contributed by atoms with Gasteiger partial charge >= 0.3 is 0 Å². The summed E-state index contributed by atoms with van der Waals surface area (Å²) in [5.41, 5.74) is 2.97. The smallest absolute Gasteiger partial charge is 0.257 e. The lowest BCUT2D eigenvalue weighted by atomic mass is 10.1. The third kappa shape index (κ3) is 4.06. The molecule has 1 aliphatic carbocycles. The van der Waals surface area contributed by atoms with Crippen molar-refractivity contribution in [3.05, 3.63) is 72.3 Å². The van der Waals surface area contributed by atoms with Crippen molar-refractivity contribution in [1.82, 2.24) is 9.88 Å². The number of oxazole rings is 1. The third-order valence-corrected chi connectivity index (χ3v) is 6.93. The summed E-state index contributed by atoms with van der Waals surface area (Å²) in [6, 6.07) is 18.3. The van der Waals surface area contributed by atoms with E-state index in [1.807, 2.05) is 24.3 Å². The molecule has 4 aromatic rings. The number of hydrogen-bond donors (Lipinski definition) is 0. The molecule has 2 heterocycles. The molecular weight excluding hydrogens is 486 g/mol. The molecule has 9 heteroatoms. The van der Waals surface area contributed by atoms with Gasteiger partial charge in [-0.2, -0.15) is 0 Å². The van der Waals surface area contributed by atoms with E-state index in [-0.39, 0.29) is 24.3 Å².